The fraction of sp³-hybridized carbons (Fsp3) is 0. The Kier molecular flexibility index (Phi) is 10.0. The predicted molar refractivity (Wildman–Crippen MR) is 91.7 cm³/mol. The van der Waals surface area contributed by atoms with Gasteiger partial charge in [-0.25, -0.2) is 18.1 Å². The van der Waals surface area contributed by atoms with Crippen LogP contribution in [0.5, 0.6) is 23.0 Å². The minimum absolute atomic E-state index is 0. The van der Waals surface area contributed by atoms with Crippen LogP contribution in [0.1, 0.15) is 0 Å². The molecule has 0 amide bonds. The second-order valence-corrected chi connectivity index (χ2v) is 6.29. The van der Waals surface area contributed by atoms with Gasteiger partial charge in [-0.3, -0.25) is 0 Å². The van der Waals surface area contributed by atoms with Gasteiger partial charge in [0.1, 0.15) is 0 Å². The van der Waals surface area contributed by atoms with E-state index in [0.717, 1.165) is 0 Å². The Morgan fingerprint density at radius 2 is 0.741 bits per heavy atom. The second-order valence-electron chi connectivity index (χ2n) is 4.67. The molecule has 1 saturated carbocycles. The molecule has 2 aliphatic heterocycles. The van der Waals surface area contributed by atoms with E-state index < -0.39 is 8.17 Å². The number of benzene rings is 2. The molecule has 5 rings (SSSR count). The molecule has 0 bridgehead atoms. The van der Waals surface area contributed by atoms with Gasteiger partial charge in [-0.05, 0) is 56.4 Å². The zero-order valence-electron chi connectivity index (χ0n) is 13.8. The molecular formula is C19H13FeO6P+. The third kappa shape index (κ3) is 5.77. The van der Waals surface area contributed by atoms with Gasteiger partial charge in [-0.15, -0.1) is 0 Å². The van der Waals surface area contributed by atoms with Crippen molar-refractivity contribution in [3.63, 3.8) is 0 Å². The second kappa shape index (κ2) is 11.7. The number of rotatable bonds is 0. The van der Waals surface area contributed by atoms with Gasteiger partial charge in [0, 0.05) is 17.1 Å². The van der Waals surface area contributed by atoms with E-state index in [2.05, 4.69) is 13.3 Å². The van der Waals surface area contributed by atoms with E-state index >= 15 is 0 Å². The summed E-state index contributed by atoms with van der Waals surface area (Å²) in [5, 5.41) is 0. The van der Waals surface area contributed by atoms with Crippen LogP contribution in [0.25, 0.3) is 0 Å². The molecule has 0 atom stereocenters. The van der Waals surface area contributed by atoms with Gasteiger partial charge in [0.2, 0.25) is 23.0 Å². The summed E-state index contributed by atoms with van der Waals surface area (Å²) in [5.74, 6) is 2.64. The largest absolute Gasteiger partial charge is 0.767 e. The van der Waals surface area contributed by atoms with Crippen molar-refractivity contribution in [2.75, 3.05) is 0 Å². The van der Waals surface area contributed by atoms with E-state index in [1.54, 1.807) is 0 Å². The summed E-state index contributed by atoms with van der Waals surface area (Å²) in [5.41, 5.74) is 0. The van der Waals surface area contributed by atoms with Gasteiger partial charge in [0.05, 0.1) is 0 Å². The van der Waals surface area contributed by atoms with Crippen molar-refractivity contribution in [1.29, 1.82) is 0 Å². The Morgan fingerprint density at radius 3 is 0.963 bits per heavy atom. The van der Waals surface area contributed by atoms with E-state index in [9.17, 15) is 0 Å². The van der Waals surface area contributed by atoms with E-state index in [0.29, 0.717) is 23.0 Å². The molecule has 2 aromatic carbocycles. The van der Waals surface area contributed by atoms with Crippen LogP contribution in [0.4, 0.5) is 0 Å². The summed E-state index contributed by atoms with van der Waals surface area (Å²) in [7, 11) is -2.76. The summed E-state index contributed by atoms with van der Waals surface area (Å²) in [6, 6.07) is 14.9. The Hall–Kier alpha value is -1.93. The maximum absolute atomic E-state index is 7.50. The van der Waals surface area contributed by atoms with Gasteiger partial charge in [0.25, 0.3) is 0 Å². The van der Waals surface area contributed by atoms with Crippen molar-refractivity contribution in [1.82, 2.24) is 0 Å². The summed E-state index contributed by atoms with van der Waals surface area (Å²) in [6.45, 7) is 9.00. The van der Waals surface area contributed by atoms with E-state index in [4.69, 9.17) is 27.4 Å². The van der Waals surface area contributed by atoms with Gasteiger partial charge >= 0.3 is 30.8 Å². The van der Waals surface area contributed by atoms with Crippen molar-refractivity contribution >= 4 is 8.17 Å². The van der Waals surface area contributed by atoms with E-state index in [-0.39, 0.29) is 17.1 Å². The fourth-order valence-corrected chi connectivity index (χ4v) is 3.91. The molecular weight excluding hydrogens is 411 g/mol. The Balaban J connectivity index is 0.000000311. The standard InChI is InChI=1S/C12H8O4P.C5H5.2CO.Fe/c1-2-6-10-9(5-1)13-17(14-10)15-11-7-3-4-8-12(11)16-17;1-2-4-5-3-1;2*1-2;/h1-8H;1-5H;;;/q+1;;;;. The van der Waals surface area contributed by atoms with Gasteiger partial charge < -0.3 is 0 Å². The van der Waals surface area contributed by atoms with Crippen molar-refractivity contribution < 1.29 is 44.5 Å². The molecule has 137 valence electrons. The third-order valence-corrected chi connectivity index (χ3v) is 4.78. The third-order valence-electron chi connectivity index (χ3n) is 3.09. The smallest absolute Gasteiger partial charge is 0.237 e. The van der Waals surface area contributed by atoms with Crippen LogP contribution in [0.15, 0.2) is 48.5 Å². The first-order valence-corrected chi connectivity index (χ1v) is 8.74. The molecule has 0 unspecified atom stereocenters. The number of fused-ring (bicyclic) bond motifs is 2. The molecule has 2 heterocycles. The van der Waals surface area contributed by atoms with Crippen LogP contribution in [0, 0.1) is 45.4 Å². The minimum Gasteiger partial charge on any atom is -0.237 e. The summed E-state index contributed by atoms with van der Waals surface area (Å²) in [6.07, 6.45) is 10.0. The van der Waals surface area contributed by atoms with Crippen molar-refractivity contribution in [3.05, 3.63) is 93.9 Å². The molecule has 0 aromatic heterocycles. The predicted octanol–water partition coefficient (Wildman–Crippen LogP) is 4.55. The maximum Gasteiger partial charge on any atom is 0.767 e. The maximum atomic E-state index is 7.50. The Morgan fingerprint density at radius 1 is 0.519 bits per heavy atom. The monoisotopic (exact) mass is 424 g/mol. The van der Waals surface area contributed by atoms with Crippen LogP contribution in [-0.4, -0.2) is 0 Å². The topological polar surface area (TPSA) is 76.7 Å². The molecule has 0 N–H and O–H groups in total. The molecule has 5 radical (unpaired) electrons. The number of para-hydroxylation sites is 4. The van der Waals surface area contributed by atoms with Gasteiger partial charge in [-0.1, -0.05) is 24.3 Å². The number of hydrogen-bond acceptors (Lipinski definition) is 4. The molecule has 3 aliphatic rings. The first-order chi connectivity index (χ1) is 12.8. The van der Waals surface area contributed by atoms with Crippen LogP contribution in [0.2, 0.25) is 0 Å². The van der Waals surface area contributed by atoms with E-state index in [1.165, 1.54) is 0 Å². The molecule has 8 heteroatoms. The molecule has 6 nitrogen and oxygen atoms in total. The first kappa shape index (κ1) is 23.1. The van der Waals surface area contributed by atoms with Crippen LogP contribution < -0.4 is 18.1 Å². The zero-order valence-corrected chi connectivity index (χ0v) is 15.8. The van der Waals surface area contributed by atoms with Crippen molar-refractivity contribution in [2.24, 2.45) is 0 Å². The molecule has 1 spiro atoms. The average Bonchev–Trinajstić information content (AvgIpc) is 3.44. The van der Waals surface area contributed by atoms with Crippen LogP contribution >= 0.6 is 8.17 Å². The van der Waals surface area contributed by atoms with Crippen molar-refractivity contribution in [2.45, 2.75) is 0 Å². The van der Waals surface area contributed by atoms with Gasteiger partial charge in [0.15, 0.2) is 0 Å². The summed E-state index contributed by atoms with van der Waals surface area (Å²) < 4.78 is 37.7. The Bertz CT molecular complexity index is 639. The molecule has 0 saturated heterocycles. The number of hydrogen-bond donors (Lipinski definition) is 0. The quantitative estimate of drug-likeness (QED) is 0.269. The SMILES string of the molecule is [C-]#[O+].[C-]#[O+].[CH]1[CH][CH][CH][CH]1.[Fe].c1ccc2c(c1)O[P+]1(O2)Oc2ccccc2O1. The van der Waals surface area contributed by atoms with Crippen molar-refractivity contribution in [3.8, 4) is 23.0 Å². The van der Waals surface area contributed by atoms with E-state index in [1.807, 2.05) is 80.6 Å². The fourth-order valence-electron chi connectivity index (χ4n) is 2.12. The Labute approximate surface area is 169 Å². The summed E-state index contributed by atoms with van der Waals surface area (Å²) >= 11 is 0. The van der Waals surface area contributed by atoms with Crippen LogP contribution in [-0.2, 0) is 26.4 Å². The molecule has 1 aliphatic carbocycles. The normalized spacial score (nSPS) is 15.6. The average molecular weight is 424 g/mol. The minimum atomic E-state index is -2.76. The zero-order chi connectivity index (χ0) is 18.8. The first-order valence-electron chi connectivity index (χ1n) is 7.28. The van der Waals surface area contributed by atoms with Crippen LogP contribution in [0.3, 0.4) is 0 Å². The van der Waals surface area contributed by atoms with Gasteiger partial charge in [-0.2, -0.15) is 0 Å². The molecule has 27 heavy (non-hydrogen) atoms. The summed E-state index contributed by atoms with van der Waals surface area (Å²) in [4.78, 5) is 0. The molecule has 1 fully saturated rings. The molecule has 2 aromatic rings.